The first kappa shape index (κ1) is 102. The molecule has 0 aliphatic carbocycles. The lowest BCUT2D eigenvalue weighted by Gasteiger charge is -2.50. The molecule has 2 heterocycles. The minimum absolute atomic E-state index is 0.0308. The van der Waals surface area contributed by atoms with Crippen LogP contribution in [0.5, 0.6) is 0 Å². The second kappa shape index (κ2) is 49.2. The number of carbonyl (C=O) groups excluding carboxylic acids is 14. The molecule has 662 valence electrons. The molecule has 2 fully saturated rings. The predicted molar refractivity (Wildman–Crippen MR) is 433 cm³/mol. The van der Waals surface area contributed by atoms with E-state index in [-0.39, 0.29) is 39.2 Å². The van der Waals surface area contributed by atoms with Crippen molar-refractivity contribution in [2.45, 2.75) is 289 Å². The van der Waals surface area contributed by atoms with Gasteiger partial charge in [0.05, 0.1) is 33.0 Å². The molecular formula is C77H123N8O29PSi3. The van der Waals surface area contributed by atoms with Gasteiger partial charge in [-0.2, -0.15) is 0 Å². The maximum atomic E-state index is 15.4. The lowest BCUT2D eigenvalue weighted by Crippen LogP contribution is -2.70. The van der Waals surface area contributed by atoms with Crippen molar-refractivity contribution < 1.29 is 137 Å². The third kappa shape index (κ3) is 39.1. The molecule has 2 aliphatic heterocycles. The number of unbranched alkanes of at least 4 members (excludes halogenated alkanes) is 1. The van der Waals surface area contributed by atoms with Crippen LogP contribution in [0, 0.1) is 0 Å². The Hall–Kier alpha value is -8.58. The maximum Gasteiger partial charge on any atom is 0.477 e. The number of ether oxygens (including phenoxy) is 11. The zero-order valence-electron chi connectivity index (χ0n) is 71.1. The van der Waals surface area contributed by atoms with Crippen LogP contribution in [-0.2, 0) is 146 Å². The van der Waals surface area contributed by atoms with Gasteiger partial charge in [0.2, 0.25) is 41.4 Å². The van der Waals surface area contributed by atoms with Gasteiger partial charge in [0.15, 0.2) is 24.8 Å². The number of amides is 8. The summed E-state index contributed by atoms with van der Waals surface area (Å²) in [5, 5.41) is 20.8. The third-order valence-corrected chi connectivity index (χ3v) is 24.3. The second-order valence-corrected chi connectivity index (χ2v) is 50.9. The van der Waals surface area contributed by atoms with E-state index in [1.807, 2.05) is 19.6 Å². The molecule has 0 radical (unpaired) electrons. The van der Waals surface area contributed by atoms with Crippen molar-refractivity contribution >= 4 is 115 Å². The Morgan fingerprint density at radius 3 is 1.40 bits per heavy atom. The van der Waals surface area contributed by atoms with Crippen molar-refractivity contribution in [3.63, 3.8) is 0 Å². The lowest BCUT2D eigenvalue weighted by atomic mass is 9.93. The minimum Gasteiger partial charge on any atom is -0.464 e. The van der Waals surface area contributed by atoms with Crippen LogP contribution in [0.15, 0.2) is 60.7 Å². The second-order valence-electron chi connectivity index (χ2n) is 32.4. The first-order valence-corrected chi connectivity index (χ1v) is 51.9. The van der Waals surface area contributed by atoms with Gasteiger partial charge in [0, 0.05) is 78.7 Å². The molecule has 2 saturated heterocycles. The lowest BCUT2D eigenvalue weighted by molar-refractivity contribution is -0.332. The number of alkyl carbamates (subject to hydrolysis) is 1. The van der Waals surface area contributed by atoms with E-state index in [0.29, 0.717) is 29.6 Å². The van der Waals surface area contributed by atoms with Crippen LogP contribution < -0.4 is 42.5 Å². The largest absolute Gasteiger partial charge is 0.477 e. The van der Waals surface area contributed by atoms with Crippen molar-refractivity contribution in [3.8, 4) is 0 Å². The fourth-order valence-electron chi connectivity index (χ4n) is 11.4. The highest BCUT2D eigenvalue weighted by molar-refractivity contribution is 7.48. The van der Waals surface area contributed by atoms with E-state index >= 15 is 4.57 Å². The Morgan fingerprint density at radius 2 is 0.907 bits per heavy atom. The van der Waals surface area contributed by atoms with Gasteiger partial charge in [-0.05, 0) is 82.6 Å². The van der Waals surface area contributed by atoms with Crippen molar-refractivity contribution in [1.82, 2.24) is 42.5 Å². The molecule has 16 atom stereocenters. The zero-order valence-corrected chi connectivity index (χ0v) is 75.0. The summed E-state index contributed by atoms with van der Waals surface area (Å²) in [7, 11) is -9.96. The van der Waals surface area contributed by atoms with E-state index in [2.05, 4.69) is 81.8 Å². The number of rotatable bonds is 48. The SMILES string of the molecule is CC(=O)N[C@H]1[C@H](O[C@H]2[C@H](O[C@H](C)C(=O)N[C@@H](C)C(=O)N[C@H](CCC(=O)N[C@@H](CCCCNC(=O)OCC[Si](C)(C)C)C(=O)N[C@H](C)C(=O)N[C@H](C)C(=O)OCC[Si](C)(C)C)C(=O)OCC[Si](C)(C)C)[C@@H](NC(C)=O)[C@@H](OP(=O)(OCc3ccccc3)OCc3ccccc3)O[C@@H]2COC(C)=O)O[C@H](COC(C)=O)[C@@H](OC(C)=O)[C@@H]1OC(C)=O. The molecule has 0 saturated carbocycles. The molecule has 0 aromatic heterocycles. The standard InChI is InChI=1S/C77H123N8O29PSi3/c1-46(69(93)81-48(3)73(97)101-36-39-116(11,12)13)80-72(96)58(32-26-27-35-78-77(99)103-38-41-118(17,18)19)84-62(92)34-33-59(74(98)102-37-40-117(14,15)16)85-70(94)47(2)79-71(95)49(4)108-67-64(83-51(6)87)76(114-115(100,106-42-56-28-22-20-23-29-56)107-43-57-30-24-21-25-31-57)112-61(45-105-53(8)89)66(67)113-75-63(82-50(5)86)68(110-55(10)91)65(109-54(9)90)60(111-75)44-104-52(7)88/h20-25,28-31,46-49,58-61,63-68,75-76H,26-27,32-45H2,1-19H3,(H,78,99)(H,79,95)(H,80,96)(H,81,93)(H,82,86)(H,83,87)(H,84,92)(H,85,94)/t46-,47+,48-,49-,58+,59-,60-,61-,63-,64-,65-,66-,67-,68-,75+,76-/m1/s1. The molecule has 8 amide bonds. The zero-order chi connectivity index (χ0) is 88.4. The summed E-state index contributed by atoms with van der Waals surface area (Å²) < 4.78 is 98.6. The number of nitrogens with one attached hydrogen (secondary N) is 8. The van der Waals surface area contributed by atoms with E-state index in [9.17, 15) is 67.1 Å². The van der Waals surface area contributed by atoms with Crippen LogP contribution in [0.25, 0.3) is 0 Å². The highest BCUT2D eigenvalue weighted by Crippen LogP contribution is 2.54. The molecule has 0 bridgehead atoms. The quantitative estimate of drug-likeness (QED) is 0.0135. The topological polar surface area (TPSA) is 482 Å². The highest BCUT2D eigenvalue weighted by Gasteiger charge is 2.57. The van der Waals surface area contributed by atoms with Crippen molar-refractivity contribution in [1.29, 1.82) is 0 Å². The van der Waals surface area contributed by atoms with E-state index in [0.717, 1.165) is 47.6 Å². The summed E-state index contributed by atoms with van der Waals surface area (Å²) >= 11 is 0. The van der Waals surface area contributed by atoms with Gasteiger partial charge in [-0.25, -0.2) is 18.9 Å². The van der Waals surface area contributed by atoms with Gasteiger partial charge in [-0.3, -0.25) is 66.3 Å². The molecule has 2 aromatic carbocycles. The Balaban J connectivity index is 1.78. The monoisotopic (exact) mass is 1740 g/mol. The molecular weight excluding hydrogens is 1620 g/mol. The molecule has 37 nitrogen and oxygen atoms in total. The Bertz CT molecular complexity index is 3680. The highest BCUT2D eigenvalue weighted by atomic mass is 31.2. The molecule has 4 rings (SSSR count). The molecule has 118 heavy (non-hydrogen) atoms. The summed E-state index contributed by atoms with van der Waals surface area (Å²) in [5.41, 5.74) is 0.976. The first-order valence-electron chi connectivity index (χ1n) is 39.3. The van der Waals surface area contributed by atoms with Crippen LogP contribution >= 0.6 is 7.82 Å². The van der Waals surface area contributed by atoms with Gasteiger partial charge in [0.25, 0.3) is 0 Å². The third-order valence-electron chi connectivity index (χ3n) is 17.9. The Kier molecular flexibility index (Phi) is 42.5. The van der Waals surface area contributed by atoms with Gasteiger partial charge < -0.3 is 94.6 Å². The number of benzene rings is 2. The van der Waals surface area contributed by atoms with Crippen molar-refractivity contribution in [2.24, 2.45) is 0 Å². The summed E-state index contributed by atoms with van der Waals surface area (Å²) in [4.78, 5) is 189. The smallest absolute Gasteiger partial charge is 0.464 e. The van der Waals surface area contributed by atoms with Crippen LogP contribution in [0.2, 0.25) is 77.1 Å². The van der Waals surface area contributed by atoms with Crippen LogP contribution in [0.4, 0.5) is 4.79 Å². The van der Waals surface area contributed by atoms with Gasteiger partial charge in [0.1, 0.15) is 86.0 Å². The molecule has 41 heteroatoms. The fraction of sp³-hybridized carbons (Fsp3) is 0.662. The minimum atomic E-state index is -5.02. The number of phosphoric acid groups is 1. The Morgan fingerprint density at radius 1 is 0.458 bits per heavy atom. The van der Waals surface area contributed by atoms with Crippen molar-refractivity contribution in [3.05, 3.63) is 71.8 Å². The number of phosphoric ester groups is 1. The van der Waals surface area contributed by atoms with E-state index in [1.165, 1.54) is 27.7 Å². The fourth-order valence-corrected chi connectivity index (χ4v) is 14.8. The van der Waals surface area contributed by atoms with E-state index < -0.39 is 252 Å². The van der Waals surface area contributed by atoms with Crippen LogP contribution in [-0.4, -0.2) is 245 Å². The van der Waals surface area contributed by atoms with Crippen molar-refractivity contribution in [2.75, 3.05) is 39.6 Å². The molecule has 2 aliphatic rings. The summed E-state index contributed by atoms with van der Waals surface area (Å²) in [5.74, 6) is -11.5. The average molecular weight is 1740 g/mol. The summed E-state index contributed by atoms with van der Waals surface area (Å²) in [6.07, 6.45) is -17.6. The molecule has 8 N–H and O–H groups in total. The van der Waals surface area contributed by atoms with E-state index in [4.69, 9.17) is 65.7 Å². The summed E-state index contributed by atoms with van der Waals surface area (Å²) in [6.45, 7) is 28.4. The predicted octanol–water partition coefficient (Wildman–Crippen LogP) is 5.41. The summed E-state index contributed by atoms with van der Waals surface area (Å²) in [6, 6.07) is 8.32. The average Bonchev–Trinajstić information content (AvgIpc) is 0.760. The first-order chi connectivity index (χ1) is 55.1. The molecule has 0 spiro atoms. The number of esters is 6. The molecule has 2 aromatic rings. The van der Waals surface area contributed by atoms with E-state index in [1.54, 1.807) is 60.7 Å². The maximum absolute atomic E-state index is 15.4. The number of hydrogen-bond acceptors (Lipinski definition) is 29. The van der Waals surface area contributed by atoms with Gasteiger partial charge in [-0.15, -0.1) is 0 Å². The van der Waals surface area contributed by atoms with Gasteiger partial charge in [-0.1, -0.05) is 120 Å². The normalized spacial score (nSPS) is 20.9. The van der Waals surface area contributed by atoms with Crippen LogP contribution in [0.1, 0.15) is 112 Å². The van der Waals surface area contributed by atoms with Gasteiger partial charge >= 0.3 is 49.7 Å². The molecule has 0 unspecified atom stereocenters. The Labute approximate surface area is 692 Å². The number of carbonyl (C=O) groups is 14. The number of hydrogen-bond donors (Lipinski definition) is 8. The van der Waals surface area contributed by atoms with Crippen LogP contribution in [0.3, 0.4) is 0 Å².